The van der Waals surface area contributed by atoms with Crippen LogP contribution >= 0.6 is 9.24 Å². The highest BCUT2D eigenvalue weighted by molar-refractivity contribution is 7.36. The molecular formula is C24H53O5P. The zero-order chi connectivity index (χ0) is 23.8. The van der Waals surface area contributed by atoms with E-state index in [9.17, 15) is 5.11 Å². The molecule has 0 aromatic heterocycles. The molecule has 1 heterocycles. The van der Waals surface area contributed by atoms with Crippen LogP contribution in [0, 0.1) is 11.3 Å². The van der Waals surface area contributed by atoms with Gasteiger partial charge in [0.2, 0.25) is 0 Å². The molecule has 0 saturated carbocycles. The van der Waals surface area contributed by atoms with Gasteiger partial charge in [-0.15, -0.1) is 0 Å². The maximum Gasteiger partial charge on any atom is 0.158 e. The van der Waals surface area contributed by atoms with Crippen molar-refractivity contribution in [3.63, 3.8) is 0 Å². The summed E-state index contributed by atoms with van der Waals surface area (Å²) in [7, 11) is 1.90. The van der Waals surface area contributed by atoms with E-state index >= 15 is 0 Å². The summed E-state index contributed by atoms with van der Waals surface area (Å²) < 4.78 is 11.6. The number of carbonyl (C=O) groups excluding carboxylic acids is 1. The summed E-state index contributed by atoms with van der Waals surface area (Å²) in [5, 5.41) is 17.8. The lowest BCUT2D eigenvalue weighted by Gasteiger charge is -2.38. The average Bonchev–Trinajstić information content (AvgIpc) is 2.75. The largest absolute Gasteiger partial charge is 0.396 e. The predicted octanol–water partition coefficient (Wildman–Crippen LogP) is 5.99. The van der Waals surface area contributed by atoms with Crippen LogP contribution in [0.15, 0.2) is 0 Å². The van der Waals surface area contributed by atoms with Gasteiger partial charge in [-0.05, 0) is 49.9 Å². The topological polar surface area (TPSA) is 76.0 Å². The van der Waals surface area contributed by atoms with Crippen molar-refractivity contribution in [1.82, 2.24) is 0 Å². The lowest BCUT2D eigenvalue weighted by molar-refractivity contribution is -0.202. The van der Waals surface area contributed by atoms with Gasteiger partial charge in [-0.25, -0.2) is 0 Å². The van der Waals surface area contributed by atoms with Crippen molar-refractivity contribution in [2.45, 2.75) is 119 Å². The summed E-state index contributed by atoms with van der Waals surface area (Å²) in [5.41, 5.74) is 0.233. The monoisotopic (exact) mass is 452 g/mol. The second kappa shape index (κ2) is 25.2. The Bertz CT molecular complexity index is 332. The van der Waals surface area contributed by atoms with Gasteiger partial charge < -0.3 is 19.7 Å². The Labute approximate surface area is 189 Å². The second-order valence-electron chi connectivity index (χ2n) is 8.07. The van der Waals surface area contributed by atoms with E-state index in [4.69, 9.17) is 19.4 Å². The first-order valence-corrected chi connectivity index (χ1v) is 12.7. The summed E-state index contributed by atoms with van der Waals surface area (Å²) in [4.78, 5) is 8.77. The minimum Gasteiger partial charge on any atom is -0.396 e. The van der Waals surface area contributed by atoms with E-state index < -0.39 is 0 Å². The smallest absolute Gasteiger partial charge is 0.158 e. The lowest BCUT2D eigenvalue weighted by Crippen LogP contribution is -2.36. The van der Waals surface area contributed by atoms with Crippen molar-refractivity contribution in [2.75, 3.05) is 19.8 Å². The third-order valence-corrected chi connectivity index (χ3v) is 5.36. The molecule has 1 aliphatic heterocycles. The van der Waals surface area contributed by atoms with Gasteiger partial charge in [0.25, 0.3) is 0 Å². The Morgan fingerprint density at radius 3 is 2.10 bits per heavy atom. The molecule has 0 radical (unpaired) electrons. The van der Waals surface area contributed by atoms with Crippen LogP contribution in [0.3, 0.4) is 0 Å². The first kappa shape index (κ1) is 34.6. The SMILES string of the molecule is CC.CCCC(C)(CC(CO)OC1CCCCO1)C(C)C.CCCCCO.O=CP. The number of rotatable bonds is 11. The molecule has 2 N–H and O–H groups in total. The first-order valence-electron chi connectivity index (χ1n) is 12.0. The standard InChI is InChI=1S/C16H32O3.C5H12O.C2H6.CH3OP/c1-5-9-16(4,13(2)3)11-14(12-17)19-15-8-6-7-10-18-15;1-2-3-4-5-6;1-2;2-1-3/h13-15,17H,5-12H2,1-4H3;6H,2-5H2,1H3;1-2H3;1H,3H2. The van der Waals surface area contributed by atoms with Gasteiger partial charge in [0.1, 0.15) is 6.03 Å². The molecule has 0 aliphatic carbocycles. The summed E-state index contributed by atoms with van der Waals surface area (Å²) >= 11 is 0. The Balaban J connectivity index is -0.000000552. The molecule has 184 valence electrons. The number of carbonyl (C=O) groups is 1. The van der Waals surface area contributed by atoms with Crippen LogP contribution in [-0.2, 0) is 14.3 Å². The summed E-state index contributed by atoms with van der Waals surface area (Å²) in [5.74, 6) is 0.595. The number of aliphatic hydroxyl groups is 2. The molecule has 4 unspecified atom stereocenters. The Hall–Kier alpha value is -0.0600. The molecule has 1 saturated heterocycles. The van der Waals surface area contributed by atoms with E-state index in [1.165, 1.54) is 25.7 Å². The van der Waals surface area contributed by atoms with Gasteiger partial charge in [0.15, 0.2) is 6.29 Å². The number of hydrogen-bond acceptors (Lipinski definition) is 5. The molecule has 0 aromatic rings. The van der Waals surface area contributed by atoms with E-state index in [1.807, 2.05) is 23.1 Å². The van der Waals surface area contributed by atoms with Crippen LogP contribution < -0.4 is 0 Å². The molecule has 1 aliphatic rings. The Morgan fingerprint density at radius 1 is 1.17 bits per heavy atom. The fourth-order valence-electron chi connectivity index (χ4n) is 3.27. The zero-order valence-electron chi connectivity index (χ0n) is 21.0. The molecular weight excluding hydrogens is 399 g/mol. The van der Waals surface area contributed by atoms with Crippen molar-refractivity contribution in [3.05, 3.63) is 0 Å². The normalized spacial score (nSPS) is 18.4. The average molecular weight is 453 g/mol. The Morgan fingerprint density at radius 2 is 1.77 bits per heavy atom. The molecule has 0 aromatic carbocycles. The minimum absolute atomic E-state index is 0.0892. The number of ether oxygens (including phenoxy) is 2. The van der Waals surface area contributed by atoms with Crippen LogP contribution in [0.2, 0.25) is 0 Å². The van der Waals surface area contributed by atoms with Crippen molar-refractivity contribution < 1.29 is 24.5 Å². The van der Waals surface area contributed by atoms with Gasteiger partial charge in [-0.1, -0.05) is 77.0 Å². The summed E-state index contributed by atoms with van der Waals surface area (Å²) in [6.07, 6.45) is 9.64. The van der Waals surface area contributed by atoms with E-state index in [2.05, 4.69) is 34.6 Å². The highest BCUT2D eigenvalue weighted by atomic mass is 31.0. The highest BCUT2D eigenvalue weighted by Crippen LogP contribution is 2.38. The van der Waals surface area contributed by atoms with Gasteiger partial charge in [0.05, 0.1) is 12.7 Å². The molecule has 0 spiro atoms. The fraction of sp³-hybridized carbons (Fsp3) is 0.958. The van der Waals surface area contributed by atoms with Crippen molar-refractivity contribution in [3.8, 4) is 0 Å². The number of hydrogen-bond donors (Lipinski definition) is 2. The van der Waals surface area contributed by atoms with Gasteiger partial charge in [-0.2, -0.15) is 0 Å². The van der Waals surface area contributed by atoms with Gasteiger partial charge in [0, 0.05) is 13.2 Å². The van der Waals surface area contributed by atoms with Crippen LogP contribution in [0.4, 0.5) is 0 Å². The van der Waals surface area contributed by atoms with Crippen molar-refractivity contribution in [1.29, 1.82) is 0 Å². The molecule has 1 rings (SSSR count). The lowest BCUT2D eigenvalue weighted by atomic mass is 9.72. The number of aliphatic hydroxyl groups excluding tert-OH is 2. The van der Waals surface area contributed by atoms with E-state index in [0.717, 1.165) is 38.7 Å². The maximum atomic E-state index is 9.59. The van der Waals surface area contributed by atoms with Crippen LogP contribution in [0.5, 0.6) is 0 Å². The van der Waals surface area contributed by atoms with Crippen LogP contribution in [0.1, 0.15) is 106 Å². The Kier molecular flexibility index (Phi) is 29.0. The minimum atomic E-state index is -0.107. The molecule has 0 bridgehead atoms. The molecule has 6 heteroatoms. The van der Waals surface area contributed by atoms with Crippen LogP contribution in [0.25, 0.3) is 0 Å². The van der Waals surface area contributed by atoms with Crippen molar-refractivity contribution in [2.24, 2.45) is 11.3 Å². The zero-order valence-corrected chi connectivity index (χ0v) is 22.1. The molecule has 30 heavy (non-hydrogen) atoms. The maximum absolute atomic E-state index is 9.59. The van der Waals surface area contributed by atoms with Gasteiger partial charge in [-0.3, -0.25) is 4.79 Å². The summed E-state index contributed by atoms with van der Waals surface area (Å²) in [6, 6.07) is 0.667. The molecule has 1 fully saturated rings. The summed E-state index contributed by atoms with van der Waals surface area (Å²) in [6.45, 7) is 16.4. The van der Waals surface area contributed by atoms with Gasteiger partial charge >= 0.3 is 0 Å². The number of unbranched alkanes of at least 4 members (excludes halogenated alkanes) is 2. The molecule has 4 atom stereocenters. The highest BCUT2D eigenvalue weighted by Gasteiger charge is 2.32. The second-order valence-corrected chi connectivity index (χ2v) is 8.34. The molecule has 0 amide bonds. The van der Waals surface area contributed by atoms with E-state index in [1.54, 1.807) is 0 Å². The van der Waals surface area contributed by atoms with Crippen molar-refractivity contribution >= 4 is 15.3 Å². The third kappa shape index (κ3) is 19.9. The first-order chi connectivity index (χ1) is 14.3. The van der Waals surface area contributed by atoms with E-state index in [-0.39, 0.29) is 24.4 Å². The predicted molar refractivity (Wildman–Crippen MR) is 132 cm³/mol. The van der Waals surface area contributed by atoms with Crippen LogP contribution in [-0.4, -0.2) is 48.5 Å². The molecule has 5 nitrogen and oxygen atoms in total. The quantitative estimate of drug-likeness (QED) is 0.229. The third-order valence-electron chi connectivity index (χ3n) is 5.36. The van der Waals surface area contributed by atoms with E-state index in [0.29, 0.717) is 18.6 Å². The fourth-order valence-corrected chi connectivity index (χ4v) is 3.27.